The Kier molecular flexibility index (Phi) is 4.41. The Morgan fingerprint density at radius 2 is 2.14 bits per heavy atom. The van der Waals surface area contributed by atoms with Crippen molar-refractivity contribution in [2.45, 2.75) is 38.0 Å². The molecule has 2 unspecified atom stereocenters. The third kappa shape index (κ3) is 3.66. The zero-order chi connectivity index (χ0) is 15.6. The number of nitrogens with one attached hydrogen (secondary N) is 2. The van der Waals surface area contributed by atoms with E-state index >= 15 is 0 Å². The molecule has 1 saturated heterocycles. The third-order valence-electron chi connectivity index (χ3n) is 3.70. The van der Waals surface area contributed by atoms with E-state index in [1.165, 1.54) is 6.07 Å². The van der Waals surface area contributed by atoms with Crippen LogP contribution in [0.1, 0.15) is 35.7 Å². The van der Waals surface area contributed by atoms with Gasteiger partial charge in [-0.15, -0.1) is 0 Å². The number of hydrogen-bond acceptors (Lipinski definition) is 3. The molecular formula is C14H18F3N3O. The van der Waals surface area contributed by atoms with E-state index in [-0.39, 0.29) is 12.1 Å². The number of primary amides is 1. The fourth-order valence-corrected chi connectivity index (χ4v) is 2.54. The number of benzene rings is 1. The van der Waals surface area contributed by atoms with Crippen molar-refractivity contribution in [2.75, 3.05) is 11.9 Å². The standard InChI is InChI=1S/C14H18F3N3O/c1-8-12(3-2-6-19-8)20-9-4-5-10(13(18)21)11(7-9)14(15,16)17/h4-5,7-8,12,19-20H,2-3,6H2,1H3,(H2,18,21). The van der Waals surface area contributed by atoms with E-state index in [4.69, 9.17) is 5.73 Å². The predicted octanol–water partition coefficient (Wildman–Crippen LogP) is 2.36. The van der Waals surface area contributed by atoms with Crippen LogP contribution in [0.3, 0.4) is 0 Å². The van der Waals surface area contributed by atoms with E-state index in [1.54, 1.807) is 0 Å². The van der Waals surface area contributed by atoms with Crippen LogP contribution in [0.2, 0.25) is 0 Å². The fourth-order valence-electron chi connectivity index (χ4n) is 2.54. The molecule has 7 heteroatoms. The number of anilines is 1. The molecule has 0 bridgehead atoms. The van der Waals surface area contributed by atoms with Crippen molar-refractivity contribution in [3.63, 3.8) is 0 Å². The first-order chi connectivity index (χ1) is 9.79. The Balaban J connectivity index is 2.27. The number of alkyl halides is 3. The maximum atomic E-state index is 13.0. The number of amides is 1. The predicted molar refractivity (Wildman–Crippen MR) is 74.1 cm³/mol. The molecule has 1 aromatic rings. The highest BCUT2D eigenvalue weighted by Gasteiger charge is 2.35. The molecule has 2 rings (SSSR count). The first-order valence-corrected chi connectivity index (χ1v) is 6.80. The van der Waals surface area contributed by atoms with Gasteiger partial charge in [-0.25, -0.2) is 0 Å². The topological polar surface area (TPSA) is 67.2 Å². The largest absolute Gasteiger partial charge is 0.417 e. The molecule has 1 amide bonds. The number of nitrogens with two attached hydrogens (primary N) is 1. The highest BCUT2D eigenvalue weighted by Crippen LogP contribution is 2.34. The molecule has 1 aliphatic rings. The molecule has 1 aromatic carbocycles. The van der Waals surface area contributed by atoms with Gasteiger partial charge < -0.3 is 16.4 Å². The number of hydrogen-bond donors (Lipinski definition) is 3. The lowest BCUT2D eigenvalue weighted by Crippen LogP contribution is -2.46. The van der Waals surface area contributed by atoms with E-state index in [1.807, 2.05) is 6.92 Å². The van der Waals surface area contributed by atoms with Gasteiger partial charge in [-0.3, -0.25) is 4.79 Å². The average molecular weight is 301 g/mol. The smallest absolute Gasteiger partial charge is 0.381 e. The number of rotatable bonds is 3. The van der Waals surface area contributed by atoms with Crippen LogP contribution in [0, 0.1) is 0 Å². The van der Waals surface area contributed by atoms with Gasteiger partial charge in [0.15, 0.2) is 0 Å². The lowest BCUT2D eigenvalue weighted by molar-refractivity contribution is -0.137. The summed E-state index contributed by atoms with van der Waals surface area (Å²) in [5.41, 5.74) is 3.82. The minimum atomic E-state index is -4.61. The summed E-state index contributed by atoms with van der Waals surface area (Å²) in [5.74, 6) is -1.08. The van der Waals surface area contributed by atoms with Crippen LogP contribution < -0.4 is 16.4 Å². The number of piperidine rings is 1. The Morgan fingerprint density at radius 3 is 2.71 bits per heavy atom. The molecule has 4 N–H and O–H groups in total. The van der Waals surface area contributed by atoms with E-state index in [2.05, 4.69) is 10.6 Å². The summed E-state index contributed by atoms with van der Waals surface area (Å²) in [4.78, 5) is 11.1. The van der Waals surface area contributed by atoms with Gasteiger partial charge in [0.2, 0.25) is 5.91 Å². The molecule has 21 heavy (non-hydrogen) atoms. The molecule has 1 heterocycles. The van der Waals surface area contributed by atoms with Gasteiger partial charge in [-0.2, -0.15) is 13.2 Å². The summed E-state index contributed by atoms with van der Waals surface area (Å²) >= 11 is 0. The molecule has 1 aliphatic heterocycles. The molecule has 0 radical (unpaired) electrons. The summed E-state index contributed by atoms with van der Waals surface area (Å²) in [6, 6.07) is 3.75. The van der Waals surface area contributed by atoms with Gasteiger partial charge in [0, 0.05) is 17.8 Å². The highest BCUT2D eigenvalue weighted by molar-refractivity contribution is 5.95. The molecule has 0 aliphatic carbocycles. The lowest BCUT2D eigenvalue weighted by atomic mass is 9.98. The Bertz CT molecular complexity index is 531. The van der Waals surface area contributed by atoms with Crippen LogP contribution in [0.25, 0.3) is 0 Å². The van der Waals surface area contributed by atoms with E-state index in [9.17, 15) is 18.0 Å². The molecule has 0 aromatic heterocycles. The average Bonchev–Trinajstić information content (AvgIpc) is 2.40. The minimum absolute atomic E-state index is 0.0549. The van der Waals surface area contributed by atoms with Crippen LogP contribution in [-0.2, 0) is 6.18 Å². The lowest BCUT2D eigenvalue weighted by Gasteiger charge is -2.31. The second-order valence-electron chi connectivity index (χ2n) is 5.26. The monoisotopic (exact) mass is 301 g/mol. The van der Waals surface area contributed by atoms with Crippen molar-refractivity contribution in [2.24, 2.45) is 5.73 Å². The summed E-state index contributed by atoms with van der Waals surface area (Å²) < 4.78 is 39.0. The van der Waals surface area contributed by atoms with Crippen molar-refractivity contribution in [3.05, 3.63) is 29.3 Å². The van der Waals surface area contributed by atoms with Gasteiger partial charge in [0.05, 0.1) is 11.1 Å². The summed E-state index contributed by atoms with van der Waals surface area (Å²) in [6.45, 7) is 2.90. The van der Waals surface area contributed by atoms with Gasteiger partial charge in [0.1, 0.15) is 0 Å². The van der Waals surface area contributed by atoms with Gasteiger partial charge in [-0.05, 0) is 44.5 Å². The van der Waals surface area contributed by atoms with Gasteiger partial charge in [-0.1, -0.05) is 0 Å². The second kappa shape index (κ2) is 5.93. The second-order valence-corrected chi connectivity index (χ2v) is 5.26. The maximum absolute atomic E-state index is 13.0. The zero-order valence-corrected chi connectivity index (χ0v) is 11.6. The zero-order valence-electron chi connectivity index (χ0n) is 11.6. The Labute approximate surface area is 120 Å². The quantitative estimate of drug-likeness (QED) is 0.803. The Hall–Kier alpha value is -1.76. The molecule has 2 atom stereocenters. The first kappa shape index (κ1) is 15.6. The van der Waals surface area contributed by atoms with Gasteiger partial charge in [0.25, 0.3) is 0 Å². The van der Waals surface area contributed by atoms with Crippen molar-refractivity contribution in [1.82, 2.24) is 5.32 Å². The molecule has 116 valence electrons. The van der Waals surface area contributed by atoms with E-state index < -0.39 is 23.2 Å². The third-order valence-corrected chi connectivity index (χ3v) is 3.70. The SMILES string of the molecule is CC1NCCCC1Nc1ccc(C(N)=O)c(C(F)(F)F)c1. The highest BCUT2D eigenvalue weighted by atomic mass is 19.4. The number of carbonyl (C=O) groups is 1. The van der Waals surface area contributed by atoms with E-state index in [0.29, 0.717) is 5.69 Å². The van der Waals surface area contributed by atoms with Gasteiger partial charge >= 0.3 is 6.18 Å². The Morgan fingerprint density at radius 1 is 1.43 bits per heavy atom. The maximum Gasteiger partial charge on any atom is 0.417 e. The summed E-state index contributed by atoms with van der Waals surface area (Å²) in [5, 5.41) is 6.36. The molecule has 4 nitrogen and oxygen atoms in total. The molecular weight excluding hydrogens is 283 g/mol. The van der Waals surface area contributed by atoms with Crippen LogP contribution in [0.15, 0.2) is 18.2 Å². The molecule has 1 fully saturated rings. The van der Waals surface area contributed by atoms with Crippen LogP contribution in [0.5, 0.6) is 0 Å². The first-order valence-electron chi connectivity index (χ1n) is 6.80. The minimum Gasteiger partial charge on any atom is -0.381 e. The fraction of sp³-hybridized carbons (Fsp3) is 0.500. The number of carbonyl (C=O) groups excluding carboxylic acids is 1. The normalized spacial score (nSPS) is 22.9. The van der Waals surface area contributed by atoms with Crippen molar-refractivity contribution >= 4 is 11.6 Å². The van der Waals surface area contributed by atoms with Crippen molar-refractivity contribution in [1.29, 1.82) is 0 Å². The molecule has 0 saturated carbocycles. The van der Waals surface area contributed by atoms with Crippen LogP contribution in [-0.4, -0.2) is 24.5 Å². The van der Waals surface area contributed by atoms with Crippen LogP contribution in [0.4, 0.5) is 18.9 Å². The molecule has 0 spiro atoms. The van der Waals surface area contributed by atoms with Crippen molar-refractivity contribution in [3.8, 4) is 0 Å². The van der Waals surface area contributed by atoms with Crippen molar-refractivity contribution < 1.29 is 18.0 Å². The van der Waals surface area contributed by atoms with E-state index in [0.717, 1.165) is 31.5 Å². The summed E-state index contributed by atoms with van der Waals surface area (Å²) in [6.07, 6.45) is -2.76. The van der Waals surface area contributed by atoms with Crippen LogP contribution >= 0.6 is 0 Å². The summed E-state index contributed by atoms with van der Waals surface area (Å²) in [7, 11) is 0. The number of halogens is 3.